The monoisotopic (exact) mass is 561 g/mol. The molecular formula is C27H55NOSSn. The van der Waals surface area contributed by atoms with E-state index in [4.69, 9.17) is 17.0 Å². The van der Waals surface area contributed by atoms with Crippen LogP contribution in [0, 0.1) is 0 Å². The molecule has 0 aliphatic carbocycles. The van der Waals surface area contributed by atoms with Crippen LogP contribution in [0.2, 0.25) is 13.3 Å². The van der Waals surface area contributed by atoms with Crippen LogP contribution in [0.25, 0.3) is 0 Å². The van der Waals surface area contributed by atoms with Crippen LogP contribution in [-0.4, -0.2) is 45.7 Å². The summed E-state index contributed by atoms with van der Waals surface area (Å²) in [6.45, 7) is 11.7. The second-order valence-corrected chi connectivity index (χ2v) is 24.4. The van der Waals surface area contributed by atoms with Gasteiger partial charge in [-0.1, -0.05) is 0 Å². The van der Waals surface area contributed by atoms with Crippen LogP contribution < -0.4 is 0 Å². The molecule has 1 rings (SSSR count). The van der Waals surface area contributed by atoms with Crippen LogP contribution in [0.15, 0.2) is 0 Å². The summed E-state index contributed by atoms with van der Waals surface area (Å²) in [6.07, 6.45) is 21.8. The molecule has 0 saturated carbocycles. The van der Waals surface area contributed by atoms with Gasteiger partial charge in [0, 0.05) is 0 Å². The summed E-state index contributed by atoms with van der Waals surface area (Å²) in [5, 5.41) is 0.857. The van der Waals surface area contributed by atoms with Gasteiger partial charge in [-0.15, -0.1) is 0 Å². The molecule has 0 bridgehead atoms. The van der Waals surface area contributed by atoms with E-state index in [-0.39, 0.29) is 0 Å². The molecule has 1 aliphatic rings. The Balaban J connectivity index is 2.88. The van der Waals surface area contributed by atoms with Crippen LogP contribution in [0.5, 0.6) is 0 Å². The normalized spacial score (nSPS) is 15.4. The van der Waals surface area contributed by atoms with E-state index in [0.717, 1.165) is 18.3 Å². The van der Waals surface area contributed by atoms with Crippen molar-refractivity contribution in [3.63, 3.8) is 0 Å². The summed E-state index contributed by atoms with van der Waals surface area (Å²) in [4.78, 5) is 2.36. The first-order valence-corrected chi connectivity index (χ1v) is 22.2. The zero-order chi connectivity index (χ0) is 22.8. The van der Waals surface area contributed by atoms with Gasteiger partial charge in [0.2, 0.25) is 0 Å². The van der Waals surface area contributed by atoms with Crippen molar-refractivity contribution in [2.24, 2.45) is 0 Å². The minimum atomic E-state index is -2.46. The maximum absolute atomic E-state index is 6.89. The molecule has 184 valence electrons. The van der Waals surface area contributed by atoms with Crippen molar-refractivity contribution >= 4 is 35.8 Å². The molecule has 1 atom stereocenters. The zero-order valence-electron chi connectivity index (χ0n) is 21.7. The van der Waals surface area contributed by atoms with Crippen molar-refractivity contribution in [2.75, 3.05) is 13.1 Å². The van der Waals surface area contributed by atoms with Crippen LogP contribution >= 0.6 is 12.2 Å². The van der Waals surface area contributed by atoms with Gasteiger partial charge in [0.25, 0.3) is 0 Å². The van der Waals surface area contributed by atoms with Gasteiger partial charge >= 0.3 is 206 Å². The summed E-state index contributed by atoms with van der Waals surface area (Å²) >= 11 is 3.43. The third-order valence-corrected chi connectivity index (χ3v) is 24.4. The van der Waals surface area contributed by atoms with Gasteiger partial charge in [-0.2, -0.15) is 0 Å². The Labute approximate surface area is 205 Å². The van der Waals surface area contributed by atoms with Gasteiger partial charge in [0.05, 0.1) is 0 Å². The molecule has 0 unspecified atom stereocenters. The number of ether oxygens (including phenoxy) is 1. The molecule has 1 aliphatic heterocycles. The maximum atomic E-state index is 6.89. The zero-order valence-corrected chi connectivity index (χ0v) is 25.4. The van der Waals surface area contributed by atoms with Crippen molar-refractivity contribution in [3.8, 4) is 0 Å². The van der Waals surface area contributed by atoms with Gasteiger partial charge in [0.15, 0.2) is 0 Å². The molecule has 1 heterocycles. The summed E-state index contributed by atoms with van der Waals surface area (Å²) < 4.78 is 12.0. The van der Waals surface area contributed by atoms with Gasteiger partial charge in [0.1, 0.15) is 0 Å². The fourth-order valence-electron chi connectivity index (χ4n) is 5.32. The number of likely N-dealkylation sites (tertiary alicyclic amines) is 1. The molecule has 0 radical (unpaired) electrons. The standard InChI is InChI=1S/C15H28NOS.3C4H9.Sn/c1-2-3-4-5-6-7-8-11-14-17-15(18)16-12-9-10-13-16;3*1-3-4-2;/h14H,2-13H2,1H3;3*1,3-4H2,2H3;. The van der Waals surface area contributed by atoms with Crippen LogP contribution in [0.3, 0.4) is 0 Å². The summed E-state index contributed by atoms with van der Waals surface area (Å²) in [5.74, 6) is 0. The SMILES string of the molecule is CCCCCCCCC[C@@H](OC(=S)N1CCCC1)[Sn]([CH2]CCC)([CH2]CCC)[CH2]CCC. The van der Waals surface area contributed by atoms with Gasteiger partial charge in [-0.05, 0) is 0 Å². The molecule has 0 N–H and O–H groups in total. The van der Waals surface area contributed by atoms with Crippen molar-refractivity contribution in [1.29, 1.82) is 0 Å². The van der Waals surface area contributed by atoms with E-state index < -0.39 is 18.4 Å². The second kappa shape index (κ2) is 18.9. The Morgan fingerprint density at radius 3 is 1.65 bits per heavy atom. The molecule has 0 amide bonds. The quantitative estimate of drug-likeness (QED) is 0.0888. The number of thiocarbonyl (C=S) groups is 1. The molecular weight excluding hydrogens is 505 g/mol. The van der Waals surface area contributed by atoms with E-state index in [9.17, 15) is 0 Å². The molecule has 0 aromatic carbocycles. The van der Waals surface area contributed by atoms with Gasteiger partial charge < -0.3 is 0 Å². The number of nitrogens with zero attached hydrogens (tertiary/aromatic N) is 1. The number of hydrogen-bond donors (Lipinski definition) is 0. The number of unbranched alkanes of at least 4 members (excludes halogenated alkanes) is 9. The molecule has 1 saturated heterocycles. The first kappa shape index (κ1) is 29.5. The van der Waals surface area contributed by atoms with Crippen LogP contribution in [0.4, 0.5) is 0 Å². The van der Waals surface area contributed by atoms with Crippen molar-refractivity contribution in [2.45, 2.75) is 148 Å². The van der Waals surface area contributed by atoms with Crippen LogP contribution in [-0.2, 0) is 4.74 Å². The predicted molar refractivity (Wildman–Crippen MR) is 146 cm³/mol. The van der Waals surface area contributed by atoms with Crippen molar-refractivity contribution in [1.82, 2.24) is 4.90 Å². The fourth-order valence-corrected chi connectivity index (χ4v) is 23.2. The Bertz CT molecular complexity index is 417. The Hall–Kier alpha value is 0.489. The Morgan fingerprint density at radius 2 is 1.16 bits per heavy atom. The fraction of sp³-hybridized carbons (Fsp3) is 0.963. The molecule has 1 fully saturated rings. The average molecular weight is 561 g/mol. The van der Waals surface area contributed by atoms with Gasteiger partial charge in [-0.3, -0.25) is 0 Å². The first-order valence-electron chi connectivity index (χ1n) is 14.1. The Kier molecular flexibility index (Phi) is 18.0. The number of hydrogen-bond acceptors (Lipinski definition) is 2. The van der Waals surface area contributed by atoms with E-state index >= 15 is 0 Å². The van der Waals surface area contributed by atoms with Crippen molar-refractivity contribution < 1.29 is 4.74 Å². The summed E-state index contributed by atoms with van der Waals surface area (Å²) in [7, 11) is 0. The molecule has 4 heteroatoms. The van der Waals surface area contributed by atoms with Gasteiger partial charge in [-0.25, -0.2) is 0 Å². The van der Waals surface area contributed by atoms with E-state index in [2.05, 4.69) is 32.6 Å². The summed E-state index contributed by atoms with van der Waals surface area (Å²) in [6, 6.07) is 0. The first-order chi connectivity index (χ1) is 15.1. The molecule has 0 spiro atoms. The second-order valence-electron chi connectivity index (χ2n) is 10.1. The van der Waals surface area contributed by atoms with Crippen molar-refractivity contribution in [3.05, 3.63) is 0 Å². The molecule has 2 nitrogen and oxygen atoms in total. The average Bonchev–Trinajstić information content (AvgIpc) is 3.32. The minimum absolute atomic E-state index is 0.516. The Morgan fingerprint density at radius 1 is 0.710 bits per heavy atom. The third-order valence-electron chi connectivity index (χ3n) is 7.44. The van der Waals surface area contributed by atoms with E-state index in [1.807, 2.05) is 0 Å². The topological polar surface area (TPSA) is 12.5 Å². The molecule has 0 aromatic heterocycles. The van der Waals surface area contributed by atoms with Crippen LogP contribution in [0.1, 0.15) is 130 Å². The van der Waals surface area contributed by atoms with E-state index in [1.54, 1.807) is 0 Å². The molecule has 31 heavy (non-hydrogen) atoms. The van der Waals surface area contributed by atoms with E-state index in [0.29, 0.717) is 4.12 Å². The predicted octanol–water partition coefficient (Wildman–Crippen LogP) is 9.28. The summed E-state index contributed by atoms with van der Waals surface area (Å²) in [5.41, 5.74) is 0. The third kappa shape index (κ3) is 12.0. The number of rotatable bonds is 19. The molecule has 0 aromatic rings. The van der Waals surface area contributed by atoms with E-state index in [1.165, 1.54) is 116 Å².